The summed E-state index contributed by atoms with van der Waals surface area (Å²) in [7, 11) is 0. The molecule has 69 valence electrons. The summed E-state index contributed by atoms with van der Waals surface area (Å²) in [4.78, 5) is 2.49. The molecule has 13 heavy (non-hydrogen) atoms. The van der Waals surface area contributed by atoms with Crippen LogP contribution in [0.4, 0.5) is 0 Å². The van der Waals surface area contributed by atoms with Gasteiger partial charge in [-0.05, 0) is 17.0 Å². The van der Waals surface area contributed by atoms with Crippen molar-refractivity contribution in [3.63, 3.8) is 0 Å². The summed E-state index contributed by atoms with van der Waals surface area (Å²) >= 11 is 0. The Morgan fingerprint density at radius 3 is 2.15 bits per heavy atom. The number of hydrogen-bond donors (Lipinski definition) is 0. The molecule has 1 aromatic rings. The van der Waals surface area contributed by atoms with Crippen LogP contribution in [0, 0.1) is 5.92 Å². The second-order valence-electron chi connectivity index (χ2n) is 4.12. The monoisotopic (exact) mass is 174 g/mol. The van der Waals surface area contributed by atoms with Crippen molar-refractivity contribution in [2.24, 2.45) is 0 Å². The molecule has 0 unspecified atom stereocenters. The lowest BCUT2D eigenvalue weighted by atomic mass is 10.1. The summed E-state index contributed by atoms with van der Waals surface area (Å²) in [6, 6.07) is 8.73. The number of rotatable bonds is 2. The minimum absolute atomic E-state index is 1.13. The Morgan fingerprint density at radius 1 is 1.15 bits per heavy atom. The van der Waals surface area contributed by atoms with Gasteiger partial charge in [-0.1, -0.05) is 38.1 Å². The molecule has 0 fully saturated rings. The van der Waals surface area contributed by atoms with Gasteiger partial charge in [-0.3, -0.25) is 4.90 Å². The third-order valence-electron chi connectivity index (χ3n) is 2.45. The molecule has 0 aliphatic carbocycles. The van der Waals surface area contributed by atoms with Crippen molar-refractivity contribution in [3.8, 4) is 0 Å². The van der Waals surface area contributed by atoms with Gasteiger partial charge in [0.25, 0.3) is 0 Å². The van der Waals surface area contributed by atoms with E-state index in [1.54, 1.807) is 0 Å². The van der Waals surface area contributed by atoms with Gasteiger partial charge in [0.15, 0.2) is 0 Å². The lowest BCUT2D eigenvalue weighted by Gasteiger charge is -2.16. The quantitative estimate of drug-likeness (QED) is 0.666. The highest BCUT2D eigenvalue weighted by Crippen LogP contribution is 2.22. The number of fused-ring (bicyclic) bond motifs is 1. The first-order valence-corrected chi connectivity index (χ1v) is 4.84. The Kier molecular flexibility index (Phi) is 2.36. The van der Waals surface area contributed by atoms with Gasteiger partial charge in [0.2, 0.25) is 0 Å². The molecule has 1 nitrogen and oxygen atoms in total. The lowest BCUT2D eigenvalue weighted by molar-refractivity contribution is 0.296. The van der Waals surface area contributed by atoms with Gasteiger partial charge in [0.05, 0.1) is 0 Å². The normalized spacial score (nSPS) is 16.5. The molecule has 1 aliphatic heterocycles. The Hall–Kier alpha value is -0.820. The van der Waals surface area contributed by atoms with Gasteiger partial charge in [0, 0.05) is 19.6 Å². The topological polar surface area (TPSA) is 3.24 Å². The lowest BCUT2D eigenvalue weighted by Crippen LogP contribution is -2.20. The molecule has 0 saturated heterocycles. The SMILES string of the molecule is C[C](C)CN1Cc2ccccc2C1. The van der Waals surface area contributed by atoms with E-state index in [1.165, 1.54) is 17.0 Å². The Morgan fingerprint density at radius 2 is 1.69 bits per heavy atom. The van der Waals surface area contributed by atoms with Crippen molar-refractivity contribution in [2.45, 2.75) is 26.9 Å². The fourth-order valence-electron chi connectivity index (χ4n) is 1.96. The first-order chi connectivity index (χ1) is 6.25. The average molecular weight is 174 g/mol. The predicted octanol–water partition coefficient (Wildman–Crippen LogP) is 2.62. The number of nitrogens with zero attached hydrogens (tertiary/aromatic N) is 1. The van der Waals surface area contributed by atoms with Gasteiger partial charge in [-0.25, -0.2) is 0 Å². The average Bonchev–Trinajstić information content (AvgIpc) is 2.44. The van der Waals surface area contributed by atoms with Gasteiger partial charge in [-0.15, -0.1) is 0 Å². The van der Waals surface area contributed by atoms with Gasteiger partial charge in [-0.2, -0.15) is 0 Å². The molecule has 1 aliphatic rings. The van der Waals surface area contributed by atoms with E-state index in [-0.39, 0.29) is 0 Å². The van der Waals surface area contributed by atoms with Crippen LogP contribution in [0.2, 0.25) is 0 Å². The fraction of sp³-hybridized carbons (Fsp3) is 0.417. The molecule has 1 aromatic carbocycles. The highest BCUT2D eigenvalue weighted by molar-refractivity contribution is 5.30. The van der Waals surface area contributed by atoms with Crippen LogP contribution in [0.1, 0.15) is 25.0 Å². The van der Waals surface area contributed by atoms with Crippen LogP contribution in [0.25, 0.3) is 0 Å². The van der Waals surface area contributed by atoms with E-state index in [0.29, 0.717) is 0 Å². The first kappa shape index (κ1) is 8.76. The predicted molar refractivity (Wildman–Crippen MR) is 55.1 cm³/mol. The largest absolute Gasteiger partial charge is 0.294 e. The molecule has 0 atom stereocenters. The second-order valence-corrected chi connectivity index (χ2v) is 4.12. The molecular weight excluding hydrogens is 158 g/mol. The fourth-order valence-corrected chi connectivity index (χ4v) is 1.96. The summed E-state index contributed by atoms with van der Waals surface area (Å²) in [6.07, 6.45) is 0. The molecule has 2 rings (SSSR count). The molecule has 0 amide bonds. The summed E-state index contributed by atoms with van der Waals surface area (Å²) < 4.78 is 0. The molecule has 1 heterocycles. The molecular formula is C12H16N. The highest BCUT2D eigenvalue weighted by atomic mass is 15.1. The van der Waals surface area contributed by atoms with E-state index < -0.39 is 0 Å². The summed E-state index contributed by atoms with van der Waals surface area (Å²) in [5, 5.41) is 0. The first-order valence-electron chi connectivity index (χ1n) is 4.84. The van der Waals surface area contributed by atoms with E-state index >= 15 is 0 Å². The van der Waals surface area contributed by atoms with Crippen molar-refractivity contribution in [1.82, 2.24) is 4.90 Å². The number of hydrogen-bond acceptors (Lipinski definition) is 1. The van der Waals surface area contributed by atoms with E-state index in [2.05, 4.69) is 43.0 Å². The van der Waals surface area contributed by atoms with Crippen molar-refractivity contribution < 1.29 is 0 Å². The standard InChI is InChI=1S/C12H16N/c1-10(2)7-13-8-11-5-3-4-6-12(11)9-13/h3-6H,7-9H2,1-2H3. The maximum atomic E-state index is 2.49. The minimum atomic E-state index is 1.13. The Labute approximate surface area is 80.4 Å². The summed E-state index contributed by atoms with van der Waals surface area (Å²) in [5.74, 6) is 1.49. The zero-order chi connectivity index (χ0) is 9.26. The van der Waals surface area contributed by atoms with Crippen LogP contribution in [0.5, 0.6) is 0 Å². The second kappa shape index (κ2) is 3.51. The van der Waals surface area contributed by atoms with E-state index in [9.17, 15) is 0 Å². The maximum Gasteiger partial charge on any atom is 0.0240 e. The Balaban J connectivity index is 2.05. The van der Waals surface area contributed by atoms with Gasteiger partial charge < -0.3 is 0 Å². The van der Waals surface area contributed by atoms with E-state index in [0.717, 1.165) is 19.6 Å². The number of benzene rings is 1. The van der Waals surface area contributed by atoms with Crippen LogP contribution in [-0.4, -0.2) is 11.4 Å². The minimum Gasteiger partial charge on any atom is -0.294 e. The highest BCUT2D eigenvalue weighted by Gasteiger charge is 2.18. The van der Waals surface area contributed by atoms with Crippen LogP contribution in [0.3, 0.4) is 0 Å². The molecule has 1 heteroatoms. The molecule has 0 spiro atoms. The molecule has 0 bridgehead atoms. The summed E-state index contributed by atoms with van der Waals surface area (Å²) in [6.45, 7) is 7.78. The van der Waals surface area contributed by atoms with Crippen molar-refractivity contribution >= 4 is 0 Å². The van der Waals surface area contributed by atoms with Crippen LogP contribution < -0.4 is 0 Å². The third kappa shape index (κ3) is 1.92. The van der Waals surface area contributed by atoms with E-state index in [4.69, 9.17) is 0 Å². The maximum absolute atomic E-state index is 2.49. The molecule has 1 radical (unpaired) electrons. The molecule has 0 saturated carbocycles. The summed E-state index contributed by atoms with van der Waals surface area (Å²) in [5.41, 5.74) is 3.01. The van der Waals surface area contributed by atoms with E-state index in [1.807, 2.05) is 0 Å². The van der Waals surface area contributed by atoms with Crippen LogP contribution in [-0.2, 0) is 13.1 Å². The zero-order valence-electron chi connectivity index (χ0n) is 8.38. The van der Waals surface area contributed by atoms with Gasteiger partial charge in [0.1, 0.15) is 0 Å². The van der Waals surface area contributed by atoms with Crippen molar-refractivity contribution in [3.05, 3.63) is 41.3 Å². The Bertz CT molecular complexity index is 266. The van der Waals surface area contributed by atoms with Crippen LogP contribution in [0.15, 0.2) is 24.3 Å². The zero-order valence-corrected chi connectivity index (χ0v) is 8.38. The van der Waals surface area contributed by atoms with Crippen LogP contribution >= 0.6 is 0 Å². The van der Waals surface area contributed by atoms with Gasteiger partial charge >= 0.3 is 0 Å². The molecule has 0 aromatic heterocycles. The smallest absolute Gasteiger partial charge is 0.0240 e. The van der Waals surface area contributed by atoms with Crippen molar-refractivity contribution in [2.75, 3.05) is 6.54 Å². The third-order valence-corrected chi connectivity index (χ3v) is 2.45. The molecule has 0 N–H and O–H groups in total. The van der Waals surface area contributed by atoms with Crippen molar-refractivity contribution in [1.29, 1.82) is 0 Å².